The molecule has 1 aromatic rings. The number of hydrogen-bond donors (Lipinski definition) is 1. The summed E-state index contributed by atoms with van der Waals surface area (Å²) in [5.74, 6) is 2.61. The van der Waals surface area contributed by atoms with E-state index in [1.54, 1.807) is 12.1 Å². The number of halogens is 1. The van der Waals surface area contributed by atoms with E-state index in [-0.39, 0.29) is 5.82 Å². The maximum Gasteiger partial charge on any atom is 0.123 e. The summed E-state index contributed by atoms with van der Waals surface area (Å²) in [6.45, 7) is 2.01. The largest absolute Gasteiger partial charge is 0.313 e. The lowest BCUT2D eigenvalue weighted by Gasteiger charge is -2.26. The Bertz CT molecular complexity index is 419. The van der Waals surface area contributed by atoms with Crippen LogP contribution in [0.15, 0.2) is 18.2 Å². The molecule has 0 heterocycles. The van der Waals surface area contributed by atoms with Crippen LogP contribution >= 0.6 is 0 Å². The lowest BCUT2D eigenvalue weighted by molar-refractivity contribution is 0.358. The predicted molar refractivity (Wildman–Crippen MR) is 67.3 cm³/mol. The molecule has 3 atom stereocenters. The molecule has 3 unspecified atom stereocenters. The molecule has 92 valence electrons. The summed E-state index contributed by atoms with van der Waals surface area (Å²) in [5.41, 5.74) is 2.35. The number of fused-ring (bicyclic) bond motifs is 1. The number of nitrogens with one attached hydrogen (secondary N) is 1. The Labute approximate surface area is 102 Å². The summed E-state index contributed by atoms with van der Waals surface area (Å²) in [6, 6.07) is 5.59. The standard InChI is InChI=1S/C15H20FN/c1-9-5-13(16)3-4-14(9)15(17-2)12-7-10-6-11(10)8-12/h3-5,10-12,15,17H,6-8H2,1-2H3. The number of benzene rings is 1. The van der Waals surface area contributed by atoms with Crippen LogP contribution in [-0.2, 0) is 0 Å². The lowest BCUT2D eigenvalue weighted by atomic mass is 9.87. The van der Waals surface area contributed by atoms with Crippen molar-refractivity contribution in [1.29, 1.82) is 0 Å². The van der Waals surface area contributed by atoms with Crippen LogP contribution in [0.4, 0.5) is 4.39 Å². The van der Waals surface area contributed by atoms with Crippen molar-refractivity contribution in [2.75, 3.05) is 7.05 Å². The average molecular weight is 233 g/mol. The fourth-order valence-electron chi connectivity index (χ4n) is 3.67. The second-order valence-electron chi connectivity index (χ2n) is 5.75. The van der Waals surface area contributed by atoms with Crippen molar-refractivity contribution in [2.45, 2.75) is 32.2 Å². The molecule has 2 aliphatic carbocycles. The summed E-state index contributed by atoms with van der Waals surface area (Å²) < 4.78 is 13.1. The Hall–Kier alpha value is -0.890. The molecular weight excluding hydrogens is 213 g/mol. The third-order valence-corrected chi connectivity index (χ3v) is 4.63. The van der Waals surface area contributed by atoms with Gasteiger partial charge in [-0.05, 0) is 74.2 Å². The summed E-state index contributed by atoms with van der Waals surface area (Å²) in [4.78, 5) is 0. The first kappa shape index (κ1) is 11.2. The van der Waals surface area contributed by atoms with Crippen LogP contribution in [0.1, 0.15) is 36.4 Å². The third kappa shape index (κ3) is 1.99. The highest BCUT2D eigenvalue weighted by atomic mass is 19.1. The van der Waals surface area contributed by atoms with Crippen molar-refractivity contribution in [3.8, 4) is 0 Å². The van der Waals surface area contributed by atoms with Crippen LogP contribution in [0.25, 0.3) is 0 Å². The molecule has 2 fully saturated rings. The van der Waals surface area contributed by atoms with Crippen molar-refractivity contribution in [3.63, 3.8) is 0 Å². The van der Waals surface area contributed by atoms with Crippen LogP contribution < -0.4 is 5.32 Å². The minimum Gasteiger partial charge on any atom is -0.313 e. The molecule has 0 bridgehead atoms. The van der Waals surface area contributed by atoms with E-state index in [2.05, 4.69) is 5.32 Å². The van der Waals surface area contributed by atoms with Gasteiger partial charge in [-0.15, -0.1) is 0 Å². The Morgan fingerprint density at radius 1 is 1.24 bits per heavy atom. The molecule has 2 saturated carbocycles. The van der Waals surface area contributed by atoms with E-state index >= 15 is 0 Å². The predicted octanol–water partition coefficient (Wildman–Crippen LogP) is 3.44. The Morgan fingerprint density at radius 3 is 2.53 bits per heavy atom. The quantitative estimate of drug-likeness (QED) is 0.843. The highest BCUT2D eigenvalue weighted by Crippen LogP contribution is 2.57. The highest BCUT2D eigenvalue weighted by Gasteiger charge is 2.47. The van der Waals surface area contributed by atoms with Crippen molar-refractivity contribution in [1.82, 2.24) is 5.32 Å². The molecule has 0 aliphatic heterocycles. The molecule has 17 heavy (non-hydrogen) atoms. The first-order chi connectivity index (χ1) is 8.19. The summed E-state index contributed by atoms with van der Waals surface area (Å²) in [6.07, 6.45) is 4.16. The SMILES string of the molecule is CNC(c1ccc(F)cc1C)C1CC2CC2C1. The fraction of sp³-hybridized carbons (Fsp3) is 0.600. The zero-order valence-electron chi connectivity index (χ0n) is 10.5. The summed E-state index contributed by atoms with van der Waals surface area (Å²) in [5, 5.41) is 3.44. The second-order valence-corrected chi connectivity index (χ2v) is 5.75. The minimum atomic E-state index is -0.129. The molecule has 0 aromatic heterocycles. The maximum atomic E-state index is 13.1. The molecule has 0 radical (unpaired) electrons. The summed E-state index contributed by atoms with van der Waals surface area (Å²) in [7, 11) is 2.03. The van der Waals surface area contributed by atoms with E-state index in [0.29, 0.717) is 6.04 Å². The van der Waals surface area contributed by atoms with Gasteiger partial charge in [0.2, 0.25) is 0 Å². The smallest absolute Gasteiger partial charge is 0.123 e. The molecule has 0 saturated heterocycles. The van der Waals surface area contributed by atoms with Crippen LogP contribution in [0.2, 0.25) is 0 Å². The van der Waals surface area contributed by atoms with Gasteiger partial charge >= 0.3 is 0 Å². The van der Waals surface area contributed by atoms with Gasteiger partial charge in [0.15, 0.2) is 0 Å². The van der Waals surface area contributed by atoms with Gasteiger partial charge in [0.25, 0.3) is 0 Å². The van der Waals surface area contributed by atoms with Crippen molar-refractivity contribution >= 4 is 0 Å². The number of aryl methyl sites for hydroxylation is 1. The van der Waals surface area contributed by atoms with Crippen LogP contribution in [0, 0.1) is 30.5 Å². The molecule has 2 heteroatoms. The normalized spacial score (nSPS) is 32.3. The molecule has 2 aliphatic rings. The lowest BCUT2D eigenvalue weighted by Crippen LogP contribution is -2.25. The number of hydrogen-bond acceptors (Lipinski definition) is 1. The molecule has 1 aromatic carbocycles. The van der Waals surface area contributed by atoms with Gasteiger partial charge in [0.05, 0.1) is 0 Å². The van der Waals surface area contributed by atoms with E-state index in [1.807, 2.05) is 20.0 Å². The van der Waals surface area contributed by atoms with Crippen LogP contribution in [0.3, 0.4) is 0 Å². The average Bonchev–Trinajstić information content (AvgIpc) is 2.90. The Morgan fingerprint density at radius 2 is 1.94 bits per heavy atom. The van der Waals surface area contributed by atoms with Gasteiger partial charge in [-0.25, -0.2) is 4.39 Å². The molecule has 0 amide bonds. The van der Waals surface area contributed by atoms with Crippen LogP contribution in [-0.4, -0.2) is 7.05 Å². The topological polar surface area (TPSA) is 12.0 Å². The Balaban J connectivity index is 1.84. The monoisotopic (exact) mass is 233 g/mol. The van der Waals surface area contributed by atoms with Crippen molar-refractivity contribution in [3.05, 3.63) is 35.1 Å². The van der Waals surface area contributed by atoms with E-state index in [0.717, 1.165) is 23.3 Å². The molecular formula is C15H20FN. The van der Waals surface area contributed by atoms with E-state index in [1.165, 1.54) is 24.8 Å². The molecule has 1 nitrogen and oxygen atoms in total. The molecule has 0 spiro atoms. The van der Waals surface area contributed by atoms with E-state index in [9.17, 15) is 4.39 Å². The number of rotatable bonds is 3. The van der Waals surface area contributed by atoms with Gasteiger partial charge < -0.3 is 5.32 Å². The summed E-state index contributed by atoms with van der Waals surface area (Å²) >= 11 is 0. The first-order valence-electron chi connectivity index (χ1n) is 6.62. The van der Waals surface area contributed by atoms with Gasteiger partial charge in [-0.2, -0.15) is 0 Å². The van der Waals surface area contributed by atoms with Crippen molar-refractivity contribution in [2.24, 2.45) is 17.8 Å². The van der Waals surface area contributed by atoms with E-state index in [4.69, 9.17) is 0 Å². The minimum absolute atomic E-state index is 0.129. The second kappa shape index (κ2) is 4.09. The van der Waals surface area contributed by atoms with Crippen LogP contribution in [0.5, 0.6) is 0 Å². The van der Waals surface area contributed by atoms with Gasteiger partial charge in [-0.1, -0.05) is 6.07 Å². The van der Waals surface area contributed by atoms with Crippen molar-refractivity contribution < 1.29 is 4.39 Å². The van der Waals surface area contributed by atoms with E-state index < -0.39 is 0 Å². The van der Waals surface area contributed by atoms with Gasteiger partial charge in [-0.3, -0.25) is 0 Å². The fourth-order valence-corrected chi connectivity index (χ4v) is 3.67. The Kier molecular flexibility index (Phi) is 2.70. The molecule has 1 N–H and O–H groups in total. The van der Waals surface area contributed by atoms with Gasteiger partial charge in [0, 0.05) is 6.04 Å². The third-order valence-electron chi connectivity index (χ3n) is 4.63. The zero-order chi connectivity index (χ0) is 12.0. The van der Waals surface area contributed by atoms with Gasteiger partial charge in [0.1, 0.15) is 5.82 Å². The maximum absolute atomic E-state index is 13.1. The molecule has 3 rings (SSSR count). The first-order valence-corrected chi connectivity index (χ1v) is 6.62. The zero-order valence-corrected chi connectivity index (χ0v) is 10.5. The highest BCUT2D eigenvalue weighted by molar-refractivity contribution is 5.30.